The molecule has 6 heteroatoms. The van der Waals surface area contributed by atoms with E-state index in [1.807, 2.05) is 52.0 Å². The van der Waals surface area contributed by atoms with Gasteiger partial charge in [-0.25, -0.2) is 9.37 Å². The third-order valence-corrected chi connectivity index (χ3v) is 4.49. The van der Waals surface area contributed by atoms with E-state index in [0.717, 1.165) is 11.3 Å². The van der Waals surface area contributed by atoms with E-state index in [2.05, 4.69) is 9.97 Å². The Labute approximate surface area is 141 Å². The van der Waals surface area contributed by atoms with Crippen LogP contribution in [0.5, 0.6) is 0 Å². The van der Waals surface area contributed by atoms with Gasteiger partial charge in [-0.1, -0.05) is 6.07 Å². The molecular weight excluding hydrogens is 306 g/mol. The van der Waals surface area contributed by atoms with E-state index in [0.29, 0.717) is 5.69 Å². The zero-order valence-electron chi connectivity index (χ0n) is 14.3. The molecule has 3 rings (SSSR count). The van der Waals surface area contributed by atoms with Crippen molar-refractivity contribution >= 4 is 13.2 Å². The summed E-state index contributed by atoms with van der Waals surface area (Å²) >= 11 is 0. The molecule has 0 amide bonds. The number of hydrogen-bond acceptors (Lipinski definition) is 4. The zero-order chi connectivity index (χ0) is 17.4. The number of hydrogen-bond donors (Lipinski definition) is 0. The fraction of sp³-hybridized carbons (Fsp3) is 0.333. The van der Waals surface area contributed by atoms with Crippen LogP contribution in [0, 0.1) is 0 Å². The van der Waals surface area contributed by atoms with Gasteiger partial charge in [0.25, 0.3) is 0 Å². The van der Waals surface area contributed by atoms with Gasteiger partial charge in [-0.2, -0.15) is 0 Å². The van der Waals surface area contributed by atoms with Crippen LogP contribution in [-0.4, -0.2) is 28.3 Å². The average molecular weight is 326 g/mol. The van der Waals surface area contributed by atoms with Gasteiger partial charge in [-0.15, -0.1) is 0 Å². The average Bonchev–Trinajstić information content (AvgIpc) is 2.77. The topological polar surface area (TPSA) is 44.2 Å². The van der Waals surface area contributed by atoms with E-state index in [-0.39, 0.29) is 0 Å². The lowest BCUT2D eigenvalue weighted by Crippen LogP contribution is -2.41. The normalized spacial score (nSPS) is 19.5. The van der Waals surface area contributed by atoms with E-state index < -0.39 is 24.0 Å². The minimum atomic E-state index is -1.01. The van der Waals surface area contributed by atoms with Crippen molar-refractivity contribution in [2.75, 3.05) is 0 Å². The first-order chi connectivity index (χ1) is 11.3. The van der Waals surface area contributed by atoms with Gasteiger partial charge in [0.2, 0.25) is 0 Å². The lowest BCUT2D eigenvalue weighted by molar-refractivity contribution is 0.00578. The summed E-state index contributed by atoms with van der Waals surface area (Å²) in [6.45, 7) is 7.56. The van der Waals surface area contributed by atoms with Crippen LogP contribution in [0.1, 0.15) is 33.4 Å². The van der Waals surface area contributed by atoms with Gasteiger partial charge in [-0.05, 0) is 58.0 Å². The summed E-state index contributed by atoms with van der Waals surface area (Å²) in [6.07, 6.45) is 4.77. The molecule has 24 heavy (non-hydrogen) atoms. The Hall–Kier alpha value is -2.05. The van der Waals surface area contributed by atoms with Crippen LogP contribution in [0.25, 0.3) is 17.3 Å². The summed E-state index contributed by atoms with van der Waals surface area (Å²) < 4.78 is 26.0. The molecule has 2 aromatic rings. The second-order valence-corrected chi connectivity index (χ2v) is 6.81. The number of pyridine rings is 2. The van der Waals surface area contributed by atoms with Gasteiger partial charge in [-0.3, -0.25) is 4.98 Å². The van der Waals surface area contributed by atoms with Crippen molar-refractivity contribution in [1.29, 1.82) is 0 Å². The highest BCUT2D eigenvalue weighted by atomic mass is 19.1. The van der Waals surface area contributed by atoms with Crippen LogP contribution < -0.4 is 0 Å². The quantitative estimate of drug-likeness (QED) is 0.797. The highest BCUT2D eigenvalue weighted by Crippen LogP contribution is 2.39. The Balaban J connectivity index is 1.84. The monoisotopic (exact) mass is 326 g/mol. The predicted molar refractivity (Wildman–Crippen MR) is 92.6 cm³/mol. The first-order valence-corrected chi connectivity index (χ1v) is 7.89. The van der Waals surface area contributed by atoms with Gasteiger partial charge in [0.1, 0.15) is 5.73 Å². The first-order valence-electron chi connectivity index (χ1n) is 7.89. The summed E-state index contributed by atoms with van der Waals surface area (Å²) in [7, 11) is -1.01. The smallest absolute Gasteiger partial charge is 0.398 e. The number of nitrogens with zero attached hydrogens (tertiary/aromatic N) is 2. The first kappa shape index (κ1) is 16.8. The molecule has 0 saturated carbocycles. The number of aromatic nitrogens is 2. The van der Waals surface area contributed by atoms with Gasteiger partial charge < -0.3 is 9.31 Å². The van der Waals surface area contributed by atoms with Crippen molar-refractivity contribution in [2.45, 2.75) is 38.9 Å². The summed E-state index contributed by atoms with van der Waals surface area (Å²) in [5, 5.41) is 0. The van der Waals surface area contributed by atoms with E-state index in [1.54, 1.807) is 18.5 Å². The maximum absolute atomic E-state index is 14.6. The molecule has 0 aliphatic carbocycles. The van der Waals surface area contributed by atoms with Crippen LogP contribution in [0.15, 0.2) is 48.5 Å². The van der Waals surface area contributed by atoms with Crippen molar-refractivity contribution in [2.24, 2.45) is 0 Å². The lowest BCUT2D eigenvalue weighted by Gasteiger charge is -2.32. The van der Waals surface area contributed by atoms with E-state index in [1.165, 1.54) is 6.08 Å². The van der Waals surface area contributed by atoms with Crippen LogP contribution >= 0.6 is 0 Å². The molecule has 4 nitrogen and oxygen atoms in total. The third kappa shape index (κ3) is 3.25. The molecule has 1 saturated heterocycles. The Kier molecular flexibility index (Phi) is 4.28. The second kappa shape index (κ2) is 6.11. The molecular formula is C18H20BFN2O2. The number of halogens is 1. The minimum Gasteiger partial charge on any atom is -0.398 e. The molecule has 0 bridgehead atoms. The van der Waals surface area contributed by atoms with Crippen molar-refractivity contribution < 1.29 is 13.7 Å². The molecule has 1 aliphatic rings. The standard InChI is InChI=1S/C18H20BFN2O2/c1-17(2)18(3,4)24-19(23-17)16(20)11-14-8-5-9-15(22-14)13-7-6-10-21-12-13/h5-12H,1-4H3. The molecule has 0 atom stereocenters. The van der Waals surface area contributed by atoms with Crippen LogP contribution in [-0.2, 0) is 9.31 Å². The molecule has 0 radical (unpaired) electrons. The summed E-state index contributed by atoms with van der Waals surface area (Å²) in [6, 6.07) is 9.18. The van der Waals surface area contributed by atoms with Crippen molar-refractivity contribution in [1.82, 2.24) is 9.97 Å². The molecule has 0 spiro atoms. The van der Waals surface area contributed by atoms with Gasteiger partial charge >= 0.3 is 7.12 Å². The van der Waals surface area contributed by atoms with Crippen molar-refractivity contribution in [3.63, 3.8) is 0 Å². The summed E-state index contributed by atoms with van der Waals surface area (Å²) in [5.74, 6) is 0. The minimum absolute atomic E-state index is 0.496. The molecule has 124 valence electrons. The van der Waals surface area contributed by atoms with Crippen LogP contribution in [0.4, 0.5) is 4.39 Å². The zero-order valence-corrected chi connectivity index (χ0v) is 14.3. The molecule has 0 aromatic carbocycles. The Morgan fingerprint density at radius 3 is 2.42 bits per heavy atom. The van der Waals surface area contributed by atoms with Gasteiger partial charge in [0, 0.05) is 18.0 Å². The fourth-order valence-corrected chi connectivity index (χ4v) is 2.37. The van der Waals surface area contributed by atoms with Crippen molar-refractivity contribution in [3.8, 4) is 11.3 Å². The molecule has 1 fully saturated rings. The third-order valence-electron chi connectivity index (χ3n) is 4.49. The molecule has 1 aliphatic heterocycles. The number of rotatable bonds is 3. The Morgan fingerprint density at radius 2 is 1.79 bits per heavy atom. The maximum Gasteiger partial charge on any atom is 0.525 e. The van der Waals surface area contributed by atoms with Crippen molar-refractivity contribution in [3.05, 3.63) is 54.1 Å². The lowest BCUT2D eigenvalue weighted by atomic mass is 9.87. The Bertz CT molecular complexity index is 747. The van der Waals surface area contributed by atoms with E-state index in [9.17, 15) is 4.39 Å². The fourth-order valence-electron chi connectivity index (χ4n) is 2.37. The molecule has 2 aromatic heterocycles. The SMILES string of the molecule is CC1(C)OB(C(F)=Cc2cccc(-c3cccnc3)n2)OC1(C)C. The Morgan fingerprint density at radius 1 is 1.08 bits per heavy atom. The van der Waals surface area contributed by atoms with Gasteiger partial charge in [0.05, 0.1) is 22.6 Å². The van der Waals surface area contributed by atoms with E-state index >= 15 is 0 Å². The van der Waals surface area contributed by atoms with Crippen LogP contribution in [0.3, 0.4) is 0 Å². The van der Waals surface area contributed by atoms with E-state index in [4.69, 9.17) is 9.31 Å². The van der Waals surface area contributed by atoms with Crippen LogP contribution in [0.2, 0.25) is 0 Å². The maximum atomic E-state index is 14.6. The summed E-state index contributed by atoms with van der Waals surface area (Å²) in [5.41, 5.74) is 0.470. The van der Waals surface area contributed by atoms with Gasteiger partial charge in [0.15, 0.2) is 0 Å². The predicted octanol–water partition coefficient (Wildman–Crippen LogP) is 4.09. The molecule has 0 unspecified atom stereocenters. The largest absolute Gasteiger partial charge is 0.525 e. The molecule has 3 heterocycles. The second-order valence-electron chi connectivity index (χ2n) is 6.81. The highest BCUT2D eigenvalue weighted by Gasteiger charge is 2.53. The summed E-state index contributed by atoms with van der Waals surface area (Å²) in [4.78, 5) is 8.54. The molecule has 0 N–H and O–H groups in total. The highest BCUT2D eigenvalue weighted by molar-refractivity contribution is 6.54.